The summed E-state index contributed by atoms with van der Waals surface area (Å²) in [5.41, 5.74) is 2.46. The van der Waals surface area contributed by atoms with Crippen molar-refractivity contribution in [1.82, 2.24) is 15.1 Å². The first kappa shape index (κ1) is 15.1. The van der Waals surface area contributed by atoms with Gasteiger partial charge >= 0.3 is 0 Å². The van der Waals surface area contributed by atoms with Crippen LogP contribution >= 0.6 is 11.6 Å². The molecule has 0 unspecified atom stereocenters. The van der Waals surface area contributed by atoms with Crippen molar-refractivity contribution in [2.24, 2.45) is 0 Å². The minimum Gasteiger partial charge on any atom is -0.349 e. The maximum Gasteiger partial charge on any atom is 0.254 e. The molecule has 0 saturated heterocycles. The quantitative estimate of drug-likeness (QED) is 0.933. The molecule has 1 heterocycles. The van der Waals surface area contributed by atoms with Gasteiger partial charge in [0, 0.05) is 11.1 Å². The predicted octanol–water partition coefficient (Wildman–Crippen LogP) is 3.76. The molecule has 1 amide bonds. The molecule has 0 bridgehead atoms. The molecule has 0 atom stereocenters. The van der Waals surface area contributed by atoms with Crippen LogP contribution in [0, 0.1) is 0 Å². The first-order valence-corrected chi connectivity index (χ1v) is 8.20. The molecule has 0 aliphatic heterocycles. The van der Waals surface area contributed by atoms with E-state index in [-0.39, 0.29) is 5.91 Å². The van der Waals surface area contributed by atoms with Crippen molar-refractivity contribution in [2.75, 3.05) is 0 Å². The zero-order valence-electron chi connectivity index (χ0n) is 12.7. The fourth-order valence-electron chi connectivity index (χ4n) is 3.07. The van der Waals surface area contributed by atoms with Gasteiger partial charge in [0.15, 0.2) is 0 Å². The zero-order chi connectivity index (χ0) is 15.5. The van der Waals surface area contributed by atoms with Gasteiger partial charge in [-0.1, -0.05) is 37.4 Å². The molecular formula is C17H20ClN3O. The van der Waals surface area contributed by atoms with Crippen molar-refractivity contribution in [3.8, 4) is 5.69 Å². The summed E-state index contributed by atoms with van der Waals surface area (Å²) < 4.78 is 1.80. The molecule has 1 aromatic carbocycles. The van der Waals surface area contributed by atoms with Crippen LogP contribution in [0.3, 0.4) is 0 Å². The zero-order valence-corrected chi connectivity index (χ0v) is 13.4. The Morgan fingerprint density at radius 2 is 2.18 bits per heavy atom. The first-order chi connectivity index (χ1) is 10.7. The Balaban J connectivity index is 1.88. The molecule has 1 aliphatic rings. The summed E-state index contributed by atoms with van der Waals surface area (Å²) in [6, 6.07) is 7.82. The van der Waals surface area contributed by atoms with Gasteiger partial charge in [0.1, 0.15) is 0 Å². The van der Waals surface area contributed by atoms with Crippen LogP contribution in [0.1, 0.15) is 48.7 Å². The highest BCUT2D eigenvalue weighted by Crippen LogP contribution is 2.21. The smallest absolute Gasteiger partial charge is 0.254 e. The Hall–Kier alpha value is -1.81. The van der Waals surface area contributed by atoms with E-state index in [9.17, 15) is 4.79 Å². The van der Waals surface area contributed by atoms with Gasteiger partial charge in [0.2, 0.25) is 0 Å². The van der Waals surface area contributed by atoms with Gasteiger partial charge < -0.3 is 5.32 Å². The third-order valence-electron chi connectivity index (χ3n) is 4.19. The average molecular weight is 318 g/mol. The van der Waals surface area contributed by atoms with Gasteiger partial charge in [0.25, 0.3) is 5.91 Å². The summed E-state index contributed by atoms with van der Waals surface area (Å²) in [6.07, 6.45) is 6.95. The van der Waals surface area contributed by atoms with E-state index >= 15 is 0 Å². The fourth-order valence-corrected chi connectivity index (χ4v) is 3.25. The number of amides is 1. The molecule has 1 aromatic heterocycles. The van der Waals surface area contributed by atoms with Crippen LogP contribution in [0.2, 0.25) is 5.02 Å². The first-order valence-electron chi connectivity index (χ1n) is 7.82. The Morgan fingerprint density at radius 3 is 2.86 bits per heavy atom. The highest BCUT2D eigenvalue weighted by Gasteiger charge is 2.22. The molecule has 0 radical (unpaired) electrons. The lowest BCUT2D eigenvalue weighted by Crippen LogP contribution is -2.33. The maximum atomic E-state index is 12.5. The number of hydrogen-bond donors (Lipinski definition) is 1. The van der Waals surface area contributed by atoms with Crippen molar-refractivity contribution < 1.29 is 4.79 Å². The van der Waals surface area contributed by atoms with Crippen molar-refractivity contribution in [3.63, 3.8) is 0 Å². The van der Waals surface area contributed by atoms with Gasteiger partial charge in [-0.3, -0.25) is 4.79 Å². The lowest BCUT2D eigenvalue weighted by Gasteiger charge is -2.12. The Bertz CT molecular complexity index is 674. The van der Waals surface area contributed by atoms with Gasteiger partial charge in [-0.2, -0.15) is 5.10 Å². The molecule has 1 saturated carbocycles. The highest BCUT2D eigenvalue weighted by molar-refractivity contribution is 6.30. The summed E-state index contributed by atoms with van der Waals surface area (Å²) in [7, 11) is 0. The average Bonchev–Trinajstić information content (AvgIpc) is 3.15. The lowest BCUT2D eigenvalue weighted by atomic mass is 10.1. The number of nitrogens with one attached hydrogen (secondary N) is 1. The normalized spacial score (nSPS) is 15.2. The van der Waals surface area contributed by atoms with Crippen LogP contribution < -0.4 is 5.32 Å². The van der Waals surface area contributed by atoms with Crippen molar-refractivity contribution in [1.29, 1.82) is 0 Å². The summed E-state index contributed by atoms with van der Waals surface area (Å²) in [5.74, 6) is -0.0166. The molecular weight excluding hydrogens is 298 g/mol. The largest absolute Gasteiger partial charge is 0.349 e. The SMILES string of the molecule is CCc1c(C(=O)NC2CCCC2)cnn1-c1cccc(Cl)c1. The summed E-state index contributed by atoms with van der Waals surface area (Å²) in [4.78, 5) is 12.5. The molecule has 1 N–H and O–H groups in total. The van der Waals surface area contributed by atoms with Crippen molar-refractivity contribution >= 4 is 17.5 Å². The van der Waals surface area contributed by atoms with E-state index < -0.39 is 0 Å². The second-order valence-corrected chi connectivity index (χ2v) is 6.14. The summed E-state index contributed by atoms with van der Waals surface area (Å²) in [5, 5.41) is 8.18. The van der Waals surface area contributed by atoms with E-state index in [1.807, 2.05) is 31.2 Å². The van der Waals surface area contributed by atoms with Crippen molar-refractivity contribution in [2.45, 2.75) is 45.1 Å². The van der Waals surface area contributed by atoms with Gasteiger partial charge in [-0.15, -0.1) is 0 Å². The van der Waals surface area contributed by atoms with Gasteiger partial charge in [-0.05, 0) is 37.5 Å². The molecule has 3 rings (SSSR count). The Morgan fingerprint density at radius 1 is 1.41 bits per heavy atom. The minimum absolute atomic E-state index is 0.0166. The summed E-state index contributed by atoms with van der Waals surface area (Å²) >= 11 is 6.05. The number of benzene rings is 1. The fraction of sp³-hybridized carbons (Fsp3) is 0.412. The van der Waals surface area contributed by atoms with E-state index in [4.69, 9.17) is 11.6 Å². The lowest BCUT2D eigenvalue weighted by molar-refractivity contribution is 0.0937. The number of halogens is 1. The van der Waals surface area contributed by atoms with Crippen LogP contribution in [0.25, 0.3) is 5.69 Å². The minimum atomic E-state index is -0.0166. The maximum absolute atomic E-state index is 12.5. The van der Waals surface area contributed by atoms with E-state index in [1.165, 1.54) is 12.8 Å². The van der Waals surface area contributed by atoms with E-state index in [2.05, 4.69) is 10.4 Å². The van der Waals surface area contributed by atoms with Crippen LogP contribution in [0.4, 0.5) is 0 Å². The molecule has 1 fully saturated rings. The van der Waals surface area contributed by atoms with Crippen LogP contribution in [-0.4, -0.2) is 21.7 Å². The second kappa shape index (κ2) is 6.53. The van der Waals surface area contributed by atoms with Gasteiger partial charge in [0.05, 0.1) is 23.1 Å². The van der Waals surface area contributed by atoms with Gasteiger partial charge in [-0.25, -0.2) is 4.68 Å². The summed E-state index contributed by atoms with van der Waals surface area (Å²) in [6.45, 7) is 2.03. The number of carbonyl (C=O) groups is 1. The number of aromatic nitrogens is 2. The number of hydrogen-bond acceptors (Lipinski definition) is 2. The Labute approximate surface area is 135 Å². The van der Waals surface area contributed by atoms with E-state index in [1.54, 1.807) is 10.9 Å². The van der Waals surface area contributed by atoms with Crippen molar-refractivity contribution in [3.05, 3.63) is 46.7 Å². The topological polar surface area (TPSA) is 46.9 Å². The molecule has 4 nitrogen and oxygen atoms in total. The third-order valence-corrected chi connectivity index (χ3v) is 4.43. The highest BCUT2D eigenvalue weighted by atomic mass is 35.5. The molecule has 0 spiro atoms. The monoisotopic (exact) mass is 317 g/mol. The van der Waals surface area contributed by atoms with Crippen LogP contribution in [-0.2, 0) is 6.42 Å². The predicted molar refractivity (Wildman–Crippen MR) is 87.7 cm³/mol. The standard InChI is InChI=1S/C17H20ClN3O/c1-2-16-15(17(22)20-13-7-3-4-8-13)11-19-21(16)14-9-5-6-12(18)10-14/h5-6,9-11,13H,2-4,7-8H2,1H3,(H,20,22). The third kappa shape index (κ3) is 3.02. The Kier molecular flexibility index (Phi) is 4.48. The number of carbonyl (C=O) groups excluding carboxylic acids is 1. The molecule has 2 aromatic rings. The van der Waals surface area contributed by atoms with E-state index in [0.29, 0.717) is 16.6 Å². The van der Waals surface area contributed by atoms with Crippen LogP contribution in [0.5, 0.6) is 0 Å². The van der Waals surface area contributed by atoms with Crippen LogP contribution in [0.15, 0.2) is 30.5 Å². The van der Waals surface area contributed by atoms with E-state index in [0.717, 1.165) is 30.6 Å². The molecule has 5 heteroatoms. The molecule has 22 heavy (non-hydrogen) atoms. The number of nitrogens with zero attached hydrogens (tertiary/aromatic N) is 2. The molecule has 116 valence electrons. The molecule has 1 aliphatic carbocycles. The second-order valence-electron chi connectivity index (χ2n) is 5.71. The number of rotatable bonds is 4.